The second-order valence-electron chi connectivity index (χ2n) is 3.50. The summed E-state index contributed by atoms with van der Waals surface area (Å²) in [6.45, 7) is 0. The number of hydrogen-bond acceptors (Lipinski definition) is 4. The lowest BCUT2D eigenvalue weighted by Crippen LogP contribution is -1.85. The molecule has 0 bridgehead atoms. The summed E-state index contributed by atoms with van der Waals surface area (Å²) in [7, 11) is 0. The summed E-state index contributed by atoms with van der Waals surface area (Å²) in [6.07, 6.45) is 3.47. The Hall–Kier alpha value is -2.43. The van der Waals surface area contributed by atoms with Crippen molar-refractivity contribution in [1.82, 2.24) is 20.4 Å². The van der Waals surface area contributed by atoms with Gasteiger partial charge in [0, 0.05) is 22.4 Å². The fourth-order valence-electron chi connectivity index (χ4n) is 1.74. The minimum Gasteiger partial charge on any atom is -0.382 e. The Morgan fingerprint density at radius 1 is 1.12 bits per heavy atom. The topological polar surface area (TPSA) is 80.5 Å². The number of nitrogen functional groups attached to an aromatic ring is 1. The second kappa shape index (κ2) is 3.30. The summed E-state index contributed by atoms with van der Waals surface area (Å²) in [4.78, 5) is 0. The van der Waals surface area contributed by atoms with E-state index in [-0.39, 0.29) is 0 Å². The van der Waals surface area contributed by atoms with Crippen molar-refractivity contribution in [3.63, 3.8) is 0 Å². The first-order chi connectivity index (χ1) is 7.84. The van der Waals surface area contributed by atoms with E-state index in [1.165, 1.54) is 0 Å². The van der Waals surface area contributed by atoms with Gasteiger partial charge in [0.15, 0.2) is 0 Å². The monoisotopic (exact) mass is 211 g/mol. The Kier molecular flexibility index (Phi) is 1.83. The first-order valence-electron chi connectivity index (χ1n) is 4.85. The van der Waals surface area contributed by atoms with E-state index in [1.54, 1.807) is 18.5 Å². The molecule has 2 aromatic heterocycles. The lowest BCUT2D eigenvalue weighted by molar-refractivity contribution is 1.05. The molecule has 3 aromatic rings. The van der Waals surface area contributed by atoms with Crippen LogP contribution in [0.1, 0.15) is 0 Å². The molecule has 0 saturated heterocycles. The third-order valence-corrected chi connectivity index (χ3v) is 2.48. The van der Waals surface area contributed by atoms with Crippen LogP contribution < -0.4 is 5.73 Å². The molecule has 0 spiro atoms. The third kappa shape index (κ3) is 1.30. The van der Waals surface area contributed by atoms with Gasteiger partial charge in [0.05, 0.1) is 18.1 Å². The predicted octanol–water partition coefficient (Wildman–Crippen LogP) is 1.60. The van der Waals surface area contributed by atoms with Crippen LogP contribution in [0.4, 0.5) is 5.82 Å². The molecule has 78 valence electrons. The Bertz CT molecular complexity index is 638. The summed E-state index contributed by atoms with van der Waals surface area (Å²) in [5.74, 6) is 0.481. The Morgan fingerprint density at radius 3 is 2.81 bits per heavy atom. The van der Waals surface area contributed by atoms with Crippen molar-refractivity contribution >= 4 is 16.6 Å². The summed E-state index contributed by atoms with van der Waals surface area (Å²) in [5.41, 5.74) is 7.50. The van der Waals surface area contributed by atoms with Gasteiger partial charge < -0.3 is 5.73 Å². The number of hydrogen-bond donors (Lipinski definition) is 2. The molecule has 0 saturated carbocycles. The van der Waals surface area contributed by atoms with Gasteiger partial charge in [0.25, 0.3) is 0 Å². The molecule has 3 N–H and O–H groups in total. The standard InChI is InChI=1S/C11H9N5/c12-11-4-10(15-16-11)8-3-1-2-7-5-13-14-6-9(7)8/h1-6H,(H3,12,15,16). The average molecular weight is 211 g/mol. The number of rotatable bonds is 1. The van der Waals surface area contributed by atoms with Crippen molar-refractivity contribution in [2.24, 2.45) is 0 Å². The normalized spacial score (nSPS) is 10.8. The predicted molar refractivity (Wildman–Crippen MR) is 61.5 cm³/mol. The molecule has 2 heterocycles. The van der Waals surface area contributed by atoms with Crippen molar-refractivity contribution in [2.45, 2.75) is 0 Å². The number of nitrogens with one attached hydrogen (secondary N) is 1. The number of aromatic amines is 1. The van der Waals surface area contributed by atoms with Crippen molar-refractivity contribution in [2.75, 3.05) is 5.73 Å². The van der Waals surface area contributed by atoms with E-state index in [2.05, 4.69) is 20.4 Å². The molecule has 16 heavy (non-hydrogen) atoms. The zero-order chi connectivity index (χ0) is 11.0. The van der Waals surface area contributed by atoms with Gasteiger partial charge in [-0.15, -0.1) is 0 Å². The van der Waals surface area contributed by atoms with Crippen molar-refractivity contribution in [3.05, 3.63) is 36.7 Å². The number of aromatic nitrogens is 4. The number of nitrogens with zero attached hydrogens (tertiary/aromatic N) is 3. The Morgan fingerprint density at radius 2 is 2.00 bits per heavy atom. The van der Waals surface area contributed by atoms with E-state index in [9.17, 15) is 0 Å². The van der Waals surface area contributed by atoms with Gasteiger partial charge in [0.1, 0.15) is 5.82 Å². The number of benzene rings is 1. The number of nitrogens with two attached hydrogens (primary N) is 1. The highest BCUT2D eigenvalue weighted by Gasteiger charge is 2.06. The van der Waals surface area contributed by atoms with Gasteiger partial charge in [-0.3, -0.25) is 5.10 Å². The van der Waals surface area contributed by atoms with Gasteiger partial charge >= 0.3 is 0 Å². The van der Waals surface area contributed by atoms with Gasteiger partial charge in [-0.2, -0.15) is 15.3 Å². The molecular formula is C11H9N5. The average Bonchev–Trinajstić information content (AvgIpc) is 2.75. The summed E-state index contributed by atoms with van der Waals surface area (Å²) in [5, 5.41) is 16.6. The molecule has 3 rings (SSSR count). The van der Waals surface area contributed by atoms with Crippen LogP contribution in [-0.4, -0.2) is 20.4 Å². The molecule has 1 aromatic carbocycles. The molecule has 0 radical (unpaired) electrons. The first kappa shape index (κ1) is 8.84. The van der Waals surface area contributed by atoms with E-state index in [1.807, 2.05) is 18.2 Å². The molecule has 0 fully saturated rings. The fourth-order valence-corrected chi connectivity index (χ4v) is 1.74. The molecular weight excluding hydrogens is 202 g/mol. The molecule has 5 nitrogen and oxygen atoms in total. The second-order valence-corrected chi connectivity index (χ2v) is 3.50. The SMILES string of the molecule is Nc1cc(-c2cccc3cnncc23)[nH]n1. The van der Waals surface area contributed by atoms with Crippen molar-refractivity contribution in [3.8, 4) is 11.3 Å². The van der Waals surface area contributed by atoms with Crippen LogP contribution in [0, 0.1) is 0 Å². The number of fused-ring (bicyclic) bond motifs is 1. The maximum atomic E-state index is 5.59. The van der Waals surface area contributed by atoms with Gasteiger partial charge in [-0.05, 0) is 0 Å². The minimum atomic E-state index is 0.481. The Labute approximate surface area is 91.3 Å². The van der Waals surface area contributed by atoms with Gasteiger partial charge in [-0.1, -0.05) is 18.2 Å². The first-order valence-corrected chi connectivity index (χ1v) is 4.85. The van der Waals surface area contributed by atoms with E-state index >= 15 is 0 Å². The van der Waals surface area contributed by atoms with E-state index in [0.717, 1.165) is 22.0 Å². The fraction of sp³-hybridized carbons (Fsp3) is 0. The summed E-state index contributed by atoms with van der Waals surface area (Å²) >= 11 is 0. The maximum absolute atomic E-state index is 5.59. The van der Waals surface area contributed by atoms with Crippen LogP contribution in [0.2, 0.25) is 0 Å². The molecule has 0 amide bonds. The van der Waals surface area contributed by atoms with Gasteiger partial charge in [-0.25, -0.2) is 0 Å². The Balaban J connectivity index is 2.31. The highest BCUT2D eigenvalue weighted by Crippen LogP contribution is 2.26. The largest absolute Gasteiger partial charge is 0.382 e. The molecule has 0 aliphatic carbocycles. The number of anilines is 1. The van der Waals surface area contributed by atoms with Gasteiger partial charge in [0.2, 0.25) is 0 Å². The lowest BCUT2D eigenvalue weighted by atomic mass is 10.1. The highest BCUT2D eigenvalue weighted by atomic mass is 15.2. The van der Waals surface area contributed by atoms with Crippen molar-refractivity contribution < 1.29 is 0 Å². The quantitative estimate of drug-likeness (QED) is 0.640. The van der Waals surface area contributed by atoms with E-state index in [0.29, 0.717) is 5.82 Å². The maximum Gasteiger partial charge on any atom is 0.145 e. The van der Waals surface area contributed by atoms with Crippen LogP contribution in [0.25, 0.3) is 22.0 Å². The van der Waals surface area contributed by atoms with E-state index in [4.69, 9.17) is 5.73 Å². The minimum absolute atomic E-state index is 0.481. The van der Waals surface area contributed by atoms with Crippen LogP contribution >= 0.6 is 0 Å². The summed E-state index contributed by atoms with van der Waals surface area (Å²) in [6, 6.07) is 7.76. The summed E-state index contributed by atoms with van der Waals surface area (Å²) < 4.78 is 0. The lowest BCUT2D eigenvalue weighted by Gasteiger charge is -2.02. The third-order valence-electron chi connectivity index (χ3n) is 2.48. The highest BCUT2D eigenvalue weighted by molar-refractivity contribution is 5.94. The molecule has 0 unspecified atom stereocenters. The number of H-pyrrole nitrogens is 1. The smallest absolute Gasteiger partial charge is 0.145 e. The molecule has 0 aliphatic rings. The molecule has 5 heteroatoms. The van der Waals surface area contributed by atoms with Crippen molar-refractivity contribution in [1.29, 1.82) is 0 Å². The molecule has 0 atom stereocenters. The van der Waals surface area contributed by atoms with Crippen LogP contribution in [0.15, 0.2) is 36.7 Å². The zero-order valence-electron chi connectivity index (χ0n) is 8.38. The molecule has 0 aliphatic heterocycles. The van der Waals surface area contributed by atoms with Crippen LogP contribution in [0.5, 0.6) is 0 Å². The zero-order valence-corrected chi connectivity index (χ0v) is 8.38. The van der Waals surface area contributed by atoms with Crippen LogP contribution in [0.3, 0.4) is 0 Å². The van der Waals surface area contributed by atoms with Crippen LogP contribution in [-0.2, 0) is 0 Å². The van der Waals surface area contributed by atoms with E-state index < -0.39 is 0 Å².